The fraction of sp³-hybridized carbons (Fsp3) is 0.600. The molecule has 1 aliphatic carbocycles. The van der Waals surface area contributed by atoms with Crippen LogP contribution in [0.1, 0.15) is 24.7 Å². The van der Waals surface area contributed by atoms with Crippen molar-refractivity contribution >= 4 is 29.7 Å². The Kier molecular flexibility index (Phi) is 4.38. The van der Waals surface area contributed by atoms with Gasteiger partial charge in [-0.2, -0.15) is 0 Å². The van der Waals surface area contributed by atoms with Crippen LogP contribution >= 0.6 is 11.8 Å². The molecular formula is C10H14N4O4S. The molecule has 1 saturated carbocycles. The highest BCUT2D eigenvalue weighted by atomic mass is 32.2. The minimum atomic E-state index is -1.08. The van der Waals surface area contributed by atoms with E-state index in [1.165, 1.54) is 0 Å². The molecule has 0 bridgehead atoms. The zero-order chi connectivity index (χ0) is 13.8. The molecule has 0 unspecified atom stereocenters. The van der Waals surface area contributed by atoms with Gasteiger partial charge in [-0.1, -0.05) is 5.10 Å². The topological polar surface area (TPSA) is 131 Å². The van der Waals surface area contributed by atoms with Gasteiger partial charge >= 0.3 is 12.0 Å². The van der Waals surface area contributed by atoms with Crippen LogP contribution in [0, 0.1) is 0 Å². The van der Waals surface area contributed by atoms with Crippen LogP contribution in [0.15, 0.2) is 4.42 Å². The Bertz CT molecular complexity index is 474. The number of aliphatic carboxylic acids is 1. The number of aromatic nitrogens is 2. The van der Waals surface area contributed by atoms with E-state index in [0.717, 1.165) is 24.6 Å². The second-order valence-electron chi connectivity index (χ2n) is 4.23. The molecule has 8 nitrogen and oxygen atoms in total. The molecule has 0 aromatic carbocycles. The normalized spacial score (nSPS) is 16.1. The summed E-state index contributed by atoms with van der Waals surface area (Å²) in [6.45, 7) is 0. The molecule has 1 heterocycles. The number of anilines is 1. The number of carboxylic acid groups (broad SMARTS) is 1. The van der Waals surface area contributed by atoms with Crippen molar-refractivity contribution in [3.8, 4) is 0 Å². The summed E-state index contributed by atoms with van der Waals surface area (Å²) < 4.78 is 5.26. The van der Waals surface area contributed by atoms with E-state index in [-0.39, 0.29) is 23.4 Å². The molecule has 0 saturated heterocycles. The van der Waals surface area contributed by atoms with E-state index in [1.807, 2.05) is 0 Å². The molecule has 1 aromatic rings. The Labute approximate surface area is 113 Å². The molecular weight excluding hydrogens is 272 g/mol. The maximum atomic E-state index is 11.5. The second-order valence-corrected chi connectivity index (χ2v) is 5.26. The highest BCUT2D eigenvalue weighted by Gasteiger charge is 2.29. The molecule has 1 fully saturated rings. The van der Waals surface area contributed by atoms with Crippen LogP contribution in [0.2, 0.25) is 0 Å². The number of hydrogen-bond donors (Lipinski definition) is 3. The number of carbonyl (C=O) groups excluding carboxylic acids is 1. The van der Waals surface area contributed by atoms with Crippen molar-refractivity contribution in [3.63, 3.8) is 0 Å². The number of nitrogens with one attached hydrogen (secondary N) is 1. The summed E-state index contributed by atoms with van der Waals surface area (Å²) in [5.74, 6) is -0.272. The van der Waals surface area contributed by atoms with Crippen LogP contribution in [0.3, 0.4) is 0 Å². The zero-order valence-electron chi connectivity index (χ0n) is 10.0. The highest BCUT2D eigenvalue weighted by Crippen LogP contribution is 2.39. The van der Waals surface area contributed by atoms with Gasteiger partial charge in [-0.3, -0.25) is 14.9 Å². The van der Waals surface area contributed by atoms with Crippen LogP contribution in [0.5, 0.6) is 0 Å². The molecule has 19 heavy (non-hydrogen) atoms. The van der Waals surface area contributed by atoms with Gasteiger partial charge < -0.3 is 15.3 Å². The Morgan fingerprint density at radius 3 is 2.89 bits per heavy atom. The number of carboxylic acids is 1. The first-order chi connectivity index (χ1) is 9.06. The van der Waals surface area contributed by atoms with Crippen LogP contribution in [-0.2, 0) is 9.59 Å². The number of hydrogen-bond acceptors (Lipinski definition) is 7. The van der Waals surface area contributed by atoms with Crippen LogP contribution in [0.25, 0.3) is 0 Å². The molecule has 4 N–H and O–H groups in total. The maximum Gasteiger partial charge on any atom is 0.322 e. The van der Waals surface area contributed by atoms with Crippen LogP contribution < -0.4 is 11.1 Å². The quantitative estimate of drug-likeness (QED) is 0.639. The Balaban J connectivity index is 1.69. The summed E-state index contributed by atoms with van der Waals surface area (Å²) in [5.41, 5.74) is 5.31. The Morgan fingerprint density at radius 1 is 1.53 bits per heavy atom. The predicted octanol–water partition coefficient (Wildman–Crippen LogP) is 0.0306. The van der Waals surface area contributed by atoms with E-state index in [1.54, 1.807) is 0 Å². The van der Waals surface area contributed by atoms with Crippen LogP contribution in [-0.4, -0.2) is 44.7 Å². The average molecular weight is 286 g/mol. The number of nitrogens with two attached hydrogens (primary N) is 1. The molecule has 1 atom stereocenters. The van der Waals surface area contributed by atoms with Crippen molar-refractivity contribution in [3.05, 3.63) is 5.89 Å². The molecule has 1 amide bonds. The van der Waals surface area contributed by atoms with Gasteiger partial charge in [-0.25, -0.2) is 0 Å². The van der Waals surface area contributed by atoms with Gasteiger partial charge in [0, 0.05) is 11.7 Å². The van der Waals surface area contributed by atoms with E-state index in [2.05, 4.69) is 15.5 Å². The third-order valence-electron chi connectivity index (χ3n) is 2.46. The standard InChI is InChI=1S/C10H14N4O4S/c11-6(9(16)17)3-19-4-7(15)12-10-14-13-8(18-10)5-1-2-5/h5-6H,1-4,11H2,(H,16,17)(H,12,14,15)/t6-/m0/s1. The van der Waals surface area contributed by atoms with E-state index < -0.39 is 12.0 Å². The summed E-state index contributed by atoms with van der Waals surface area (Å²) in [7, 11) is 0. The van der Waals surface area contributed by atoms with Crippen LogP contribution in [0.4, 0.5) is 6.01 Å². The molecule has 1 aliphatic rings. The zero-order valence-corrected chi connectivity index (χ0v) is 10.9. The summed E-state index contributed by atoms with van der Waals surface area (Å²) in [6.07, 6.45) is 2.08. The molecule has 0 spiro atoms. The van der Waals surface area contributed by atoms with Crippen molar-refractivity contribution in [2.24, 2.45) is 5.73 Å². The van der Waals surface area contributed by atoms with Crippen molar-refractivity contribution in [1.29, 1.82) is 0 Å². The van der Waals surface area contributed by atoms with E-state index in [4.69, 9.17) is 15.3 Å². The Hall–Kier alpha value is -1.61. The molecule has 104 valence electrons. The lowest BCUT2D eigenvalue weighted by Gasteiger charge is -2.04. The van der Waals surface area contributed by atoms with Crippen molar-refractivity contribution in [2.75, 3.05) is 16.8 Å². The summed E-state index contributed by atoms with van der Waals surface area (Å²) in [4.78, 5) is 22.0. The third-order valence-corrected chi connectivity index (χ3v) is 3.52. The molecule has 9 heteroatoms. The van der Waals surface area contributed by atoms with E-state index in [0.29, 0.717) is 11.8 Å². The lowest BCUT2D eigenvalue weighted by atomic mass is 10.4. The first-order valence-electron chi connectivity index (χ1n) is 5.75. The minimum absolute atomic E-state index is 0.0787. The van der Waals surface area contributed by atoms with E-state index in [9.17, 15) is 9.59 Å². The molecule has 1 aromatic heterocycles. The Morgan fingerprint density at radius 2 is 2.26 bits per heavy atom. The van der Waals surface area contributed by atoms with Crippen molar-refractivity contribution < 1.29 is 19.1 Å². The fourth-order valence-electron chi connectivity index (χ4n) is 1.29. The van der Waals surface area contributed by atoms with Crippen molar-refractivity contribution in [1.82, 2.24) is 10.2 Å². The third kappa shape index (κ3) is 4.21. The monoisotopic (exact) mass is 286 g/mol. The minimum Gasteiger partial charge on any atom is -0.480 e. The number of nitrogens with zero attached hydrogens (tertiary/aromatic N) is 2. The second kappa shape index (κ2) is 6.02. The largest absolute Gasteiger partial charge is 0.480 e. The lowest BCUT2D eigenvalue weighted by molar-refractivity contribution is -0.137. The SMILES string of the molecule is N[C@@H](CSCC(=O)Nc1nnc(C2CC2)o1)C(=O)O. The fourth-order valence-corrected chi connectivity index (χ4v) is 2.06. The number of amides is 1. The van der Waals surface area contributed by atoms with Gasteiger partial charge in [-0.05, 0) is 12.8 Å². The first-order valence-corrected chi connectivity index (χ1v) is 6.91. The number of thioether (sulfide) groups is 1. The van der Waals surface area contributed by atoms with Gasteiger partial charge in [0.25, 0.3) is 0 Å². The molecule has 0 aliphatic heterocycles. The average Bonchev–Trinajstić information content (AvgIpc) is 3.10. The van der Waals surface area contributed by atoms with E-state index >= 15 is 0 Å². The van der Waals surface area contributed by atoms with Gasteiger partial charge in [-0.15, -0.1) is 16.9 Å². The smallest absolute Gasteiger partial charge is 0.322 e. The van der Waals surface area contributed by atoms with Gasteiger partial charge in [0.15, 0.2) is 0 Å². The predicted molar refractivity (Wildman–Crippen MR) is 67.8 cm³/mol. The summed E-state index contributed by atoms with van der Waals surface area (Å²) in [6, 6.07) is -0.891. The molecule has 2 rings (SSSR count). The lowest BCUT2D eigenvalue weighted by Crippen LogP contribution is -2.33. The first kappa shape index (κ1) is 13.8. The van der Waals surface area contributed by atoms with Gasteiger partial charge in [0.2, 0.25) is 11.8 Å². The summed E-state index contributed by atoms with van der Waals surface area (Å²) in [5, 5.41) is 18.6. The number of rotatable bonds is 7. The maximum absolute atomic E-state index is 11.5. The van der Waals surface area contributed by atoms with Gasteiger partial charge in [0.1, 0.15) is 6.04 Å². The highest BCUT2D eigenvalue weighted by molar-refractivity contribution is 8.00. The summed E-state index contributed by atoms with van der Waals surface area (Å²) >= 11 is 1.13. The van der Waals surface area contributed by atoms with Gasteiger partial charge in [0.05, 0.1) is 5.75 Å². The number of carbonyl (C=O) groups is 2. The van der Waals surface area contributed by atoms with Crippen molar-refractivity contribution in [2.45, 2.75) is 24.8 Å². The molecule has 0 radical (unpaired) electrons.